The summed E-state index contributed by atoms with van der Waals surface area (Å²) < 4.78 is 1.64. The van der Waals surface area contributed by atoms with Crippen LogP contribution in [0, 0.1) is 0 Å². The molecule has 22 heavy (non-hydrogen) atoms. The molecular formula is C16H21N5O. The maximum Gasteiger partial charge on any atom is 0.254 e. The predicted molar refractivity (Wildman–Crippen MR) is 83.2 cm³/mol. The number of aryl methyl sites for hydroxylation is 1. The Hall–Kier alpha value is -2.21. The average molecular weight is 299 g/mol. The minimum absolute atomic E-state index is 0.0404. The quantitative estimate of drug-likeness (QED) is 0.922. The van der Waals surface area contributed by atoms with E-state index in [2.05, 4.69) is 26.4 Å². The van der Waals surface area contributed by atoms with Crippen molar-refractivity contribution in [3.8, 4) is 0 Å². The Bertz CT molecular complexity index is 624. The molecule has 2 aromatic heterocycles. The van der Waals surface area contributed by atoms with Crippen LogP contribution in [0.1, 0.15) is 28.8 Å². The monoisotopic (exact) mass is 299 g/mol. The van der Waals surface area contributed by atoms with Gasteiger partial charge in [-0.15, -0.1) is 0 Å². The number of hydrogen-bond acceptors (Lipinski definition) is 4. The number of pyridine rings is 1. The van der Waals surface area contributed by atoms with Crippen molar-refractivity contribution in [3.05, 3.63) is 48.0 Å². The van der Waals surface area contributed by atoms with Gasteiger partial charge in [-0.3, -0.25) is 19.4 Å². The van der Waals surface area contributed by atoms with Gasteiger partial charge in [0, 0.05) is 44.8 Å². The first-order valence-electron chi connectivity index (χ1n) is 7.61. The molecule has 1 aliphatic rings. The summed E-state index contributed by atoms with van der Waals surface area (Å²) in [4.78, 5) is 18.7. The van der Waals surface area contributed by atoms with Gasteiger partial charge in [-0.1, -0.05) is 6.07 Å². The Morgan fingerprint density at radius 2 is 2.36 bits per heavy atom. The molecule has 1 fully saturated rings. The Morgan fingerprint density at radius 1 is 1.45 bits per heavy atom. The van der Waals surface area contributed by atoms with E-state index in [0.29, 0.717) is 5.56 Å². The molecule has 1 atom stereocenters. The maximum absolute atomic E-state index is 12.2. The van der Waals surface area contributed by atoms with Crippen LogP contribution in [0.15, 0.2) is 36.9 Å². The first-order valence-corrected chi connectivity index (χ1v) is 7.61. The Kier molecular flexibility index (Phi) is 4.48. The van der Waals surface area contributed by atoms with Gasteiger partial charge in [0.05, 0.1) is 11.8 Å². The van der Waals surface area contributed by atoms with Crippen molar-refractivity contribution in [1.82, 2.24) is 25.0 Å². The molecule has 1 N–H and O–H groups in total. The van der Waals surface area contributed by atoms with Crippen molar-refractivity contribution in [1.29, 1.82) is 0 Å². The first-order chi connectivity index (χ1) is 10.7. The van der Waals surface area contributed by atoms with Crippen LogP contribution in [-0.2, 0) is 13.6 Å². The molecule has 3 heterocycles. The number of carbonyl (C=O) groups is 1. The third-order valence-corrected chi connectivity index (χ3v) is 3.94. The number of nitrogens with zero attached hydrogens (tertiary/aromatic N) is 4. The van der Waals surface area contributed by atoms with E-state index in [1.54, 1.807) is 23.3 Å². The van der Waals surface area contributed by atoms with Gasteiger partial charge in [-0.25, -0.2) is 0 Å². The van der Waals surface area contributed by atoms with Gasteiger partial charge in [0.25, 0.3) is 5.91 Å². The van der Waals surface area contributed by atoms with Crippen LogP contribution in [-0.4, -0.2) is 44.7 Å². The smallest absolute Gasteiger partial charge is 0.254 e. The summed E-state index contributed by atoms with van der Waals surface area (Å²) in [5, 5.41) is 7.15. The van der Waals surface area contributed by atoms with Gasteiger partial charge in [0.2, 0.25) is 0 Å². The summed E-state index contributed by atoms with van der Waals surface area (Å²) in [6.07, 6.45) is 9.15. The standard InChI is InChI=1S/C16H21N5O/c1-20-11-14(9-18-20)16(22)19-15-5-3-7-21(12-15)10-13-4-2-6-17-8-13/h2,4,6,8-9,11,15H,3,5,7,10,12H2,1H3,(H,19,22). The summed E-state index contributed by atoms with van der Waals surface area (Å²) in [5.41, 5.74) is 1.83. The normalized spacial score (nSPS) is 19.0. The summed E-state index contributed by atoms with van der Waals surface area (Å²) in [6.45, 7) is 2.82. The van der Waals surface area contributed by atoms with E-state index < -0.39 is 0 Å². The van der Waals surface area contributed by atoms with Crippen LogP contribution in [0.2, 0.25) is 0 Å². The number of likely N-dealkylation sites (tertiary alicyclic amines) is 1. The molecule has 116 valence electrons. The number of rotatable bonds is 4. The second-order valence-electron chi connectivity index (χ2n) is 5.81. The Morgan fingerprint density at radius 3 is 3.09 bits per heavy atom. The number of carbonyl (C=O) groups excluding carboxylic acids is 1. The molecule has 6 nitrogen and oxygen atoms in total. The summed E-state index contributed by atoms with van der Waals surface area (Å²) >= 11 is 0. The Balaban J connectivity index is 1.55. The zero-order valence-corrected chi connectivity index (χ0v) is 12.8. The van der Waals surface area contributed by atoms with Gasteiger partial charge in [-0.2, -0.15) is 5.10 Å². The number of aromatic nitrogens is 3. The average Bonchev–Trinajstić information content (AvgIpc) is 2.95. The highest BCUT2D eigenvalue weighted by molar-refractivity contribution is 5.93. The van der Waals surface area contributed by atoms with E-state index in [1.807, 2.05) is 19.3 Å². The lowest BCUT2D eigenvalue weighted by atomic mass is 10.0. The number of hydrogen-bond donors (Lipinski definition) is 1. The molecule has 3 rings (SSSR count). The molecule has 2 aromatic rings. The second-order valence-corrected chi connectivity index (χ2v) is 5.81. The van der Waals surface area contributed by atoms with Crippen LogP contribution in [0.4, 0.5) is 0 Å². The van der Waals surface area contributed by atoms with Crippen molar-refractivity contribution in [2.24, 2.45) is 7.05 Å². The van der Waals surface area contributed by atoms with E-state index in [9.17, 15) is 4.79 Å². The molecule has 0 spiro atoms. The fourth-order valence-electron chi connectivity index (χ4n) is 2.87. The molecular weight excluding hydrogens is 278 g/mol. The van der Waals surface area contributed by atoms with Crippen LogP contribution in [0.5, 0.6) is 0 Å². The molecule has 0 aliphatic carbocycles. The van der Waals surface area contributed by atoms with Crippen molar-refractivity contribution >= 4 is 5.91 Å². The van der Waals surface area contributed by atoms with Gasteiger partial charge >= 0.3 is 0 Å². The van der Waals surface area contributed by atoms with Crippen molar-refractivity contribution in [2.45, 2.75) is 25.4 Å². The molecule has 0 radical (unpaired) electrons. The molecule has 1 unspecified atom stereocenters. The van der Waals surface area contributed by atoms with Crippen molar-refractivity contribution < 1.29 is 4.79 Å². The lowest BCUT2D eigenvalue weighted by Crippen LogP contribution is -2.47. The van der Waals surface area contributed by atoms with E-state index in [4.69, 9.17) is 0 Å². The maximum atomic E-state index is 12.2. The fourth-order valence-corrected chi connectivity index (χ4v) is 2.87. The van der Waals surface area contributed by atoms with Gasteiger partial charge in [0.15, 0.2) is 0 Å². The summed E-state index contributed by atoms with van der Waals surface area (Å²) in [6, 6.07) is 4.24. The molecule has 1 aliphatic heterocycles. The Labute approximate surface area is 130 Å². The minimum atomic E-state index is -0.0404. The van der Waals surface area contributed by atoms with Gasteiger partial charge in [0.1, 0.15) is 0 Å². The topological polar surface area (TPSA) is 63.1 Å². The lowest BCUT2D eigenvalue weighted by molar-refractivity contribution is 0.0900. The highest BCUT2D eigenvalue weighted by atomic mass is 16.1. The highest BCUT2D eigenvalue weighted by Crippen LogP contribution is 2.14. The van der Waals surface area contributed by atoms with Gasteiger partial charge in [-0.05, 0) is 31.0 Å². The van der Waals surface area contributed by atoms with Gasteiger partial charge < -0.3 is 5.32 Å². The molecule has 1 saturated heterocycles. The fraction of sp³-hybridized carbons (Fsp3) is 0.438. The van der Waals surface area contributed by atoms with Crippen molar-refractivity contribution in [2.75, 3.05) is 13.1 Å². The number of nitrogens with one attached hydrogen (secondary N) is 1. The van der Waals surface area contributed by atoms with Crippen molar-refractivity contribution in [3.63, 3.8) is 0 Å². The molecule has 1 amide bonds. The number of amides is 1. The third kappa shape index (κ3) is 3.71. The van der Waals surface area contributed by atoms with Crippen LogP contribution < -0.4 is 5.32 Å². The zero-order valence-electron chi connectivity index (χ0n) is 12.8. The zero-order chi connectivity index (χ0) is 15.4. The van der Waals surface area contributed by atoms with E-state index >= 15 is 0 Å². The second kappa shape index (κ2) is 6.70. The summed E-state index contributed by atoms with van der Waals surface area (Å²) in [5.74, 6) is -0.0404. The van der Waals surface area contributed by atoms with E-state index in [0.717, 1.165) is 32.5 Å². The highest BCUT2D eigenvalue weighted by Gasteiger charge is 2.22. The first kappa shape index (κ1) is 14.7. The van der Waals surface area contributed by atoms with E-state index in [1.165, 1.54) is 5.56 Å². The van der Waals surface area contributed by atoms with Crippen LogP contribution in [0.25, 0.3) is 0 Å². The minimum Gasteiger partial charge on any atom is -0.348 e. The van der Waals surface area contributed by atoms with Crippen LogP contribution >= 0.6 is 0 Å². The summed E-state index contributed by atoms with van der Waals surface area (Å²) in [7, 11) is 1.81. The largest absolute Gasteiger partial charge is 0.348 e. The lowest BCUT2D eigenvalue weighted by Gasteiger charge is -2.33. The molecule has 0 aromatic carbocycles. The van der Waals surface area contributed by atoms with E-state index in [-0.39, 0.29) is 11.9 Å². The third-order valence-electron chi connectivity index (χ3n) is 3.94. The SMILES string of the molecule is Cn1cc(C(=O)NC2CCCN(Cc3cccnc3)C2)cn1. The predicted octanol–water partition coefficient (Wildman–Crippen LogP) is 1.21. The molecule has 0 bridgehead atoms. The number of piperidine rings is 1. The molecule has 6 heteroatoms. The molecule has 0 saturated carbocycles. The van der Waals surface area contributed by atoms with Crippen LogP contribution in [0.3, 0.4) is 0 Å².